The fourth-order valence-electron chi connectivity index (χ4n) is 3.76. The molecule has 1 amide bonds. The van der Waals surface area contributed by atoms with Crippen molar-refractivity contribution in [2.45, 2.75) is 18.7 Å². The second-order valence-electron chi connectivity index (χ2n) is 7.02. The third-order valence-electron chi connectivity index (χ3n) is 5.17. The third-order valence-corrected chi connectivity index (χ3v) is 5.86. The minimum atomic E-state index is -1.67. The van der Waals surface area contributed by atoms with Crippen molar-refractivity contribution in [1.82, 2.24) is 15.0 Å². The van der Waals surface area contributed by atoms with Gasteiger partial charge in [0.1, 0.15) is 5.69 Å². The number of rotatable bonds is 5. The van der Waals surface area contributed by atoms with Crippen molar-refractivity contribution >= 4 is 22.9 Å². The SMILES string of the molecule is O=C1N(Cc2cn(Cc3ccccc3)nn2)c2ccccc2[C@]1(O)c1ccsc1. The Morgan fingerprint density at radius 2 is 1.79 bits per heavy atom. The standard InChI is InChI=1S/C22H18N4O2S/c27-21-22(28,17-10-11-29-15-17)19-8-4-5-9-20(19)26(21)14-18-13-25(24-23-18)12-16-6-2-1-3-7-16/h1-11,13,15,28H,12,14H2/t22-/m1/s1. The van der Waals surface area contributed by atoms with E-state index in [0.29, 0.717) is 29.1 Å². The van der Waals surface area contributed by atoms with Gasteiger partial charge in [0.05, 0.1) is 25.0 Å². The first kappa shape index (κ1) is 17.8. The molecule has 0 bridgehead atoms. The van der Waals surface area contributed by atoms with Gasteiger partial charge >= 0.3 is 0 Å². The lowest BCUT2D eigenvalue weighted by molar-refractivity contribution is -0.132. The summed E-state index contributed by atoms with van der Waals surface area (Å²) in [5, 5.41) is 23.5. The van der Waals surface area contributed by atoms with Crippen molar-refractivity contribution in [1.29, 1.82) is 0 Å². The number of hydrogen-bond donors (Lipinski definition) is 1. The van der Waals surface area contributed by atoms with Crippen LogP contribution in [0.3, 0.4) is 0 Å². The zero-order valence-electron chi connectivity index (χ0n) is 15.5. The highest BCUT2D eigenvalue weighted by atomic mass is 32.1. The molecule has 1 atom stereocenters. The lowest BCUT2D eigenvalue weighted by Gasteiger charge is -2.22. The fourth-order valence-corrected chi connectivity index (χ4v) is 4.46. The Morgan fingerprint density at radius 1 is 1.00 bits per heavy atom. The molecule has 0 saturated carbocycles. The Morgan fingerprint density at radius 3 is 2.59 bits per heavy atom. The van der Waals surface area contributed by atoms with Gasteiger partial charge in [0.25, 0.3) is 5.91 Å². The minimum absolute atomic E-state index is 0.247. The Balaban J connectivity index is 1.44. The van der Waals surface area contributed by atoms with Crippen LogP contribution in [0.2, 0.25) is 0 Å². The van der Waals surface area contributed by atoms with E-state index >= 15 is 0 Å². The number of carbonyl (C=O) groups is 1. The quantitative estimate of drug-likeness (QED) is 0.557. The van der Waals surface area contributed by atoms with Crippen molar-refractivity contribution in [2.75, 3.05) is 4.90 Å². The van der Waals surface area contributed by atoms with Crippen LogP contribution in [0.5, 0.6) is 0 Å². The van der Waals surface area contributed by atoms with Gasteiger partial charge in [-0.2, -0.15) is 11.3 Å². The molecule has 0 fully saturated rings. The summed E-state index contributed by atoms with van der Waals surface area (Å²) in [6, 6.07) is 19.2. The zero-order valence-corrected chi connectivity index (χ0v) is 16.3. The number of aliphatic hydroxyl groups is 1. The highest BCUT2D eigenvalue weighted by Gasteiger charge is 2.51. The number of fused-ring (bicyclic) bond motifs is 1. The number of benzene rings is 2. The zero-order chi connectivity index (χ0) is 19.8. The van der Waals surface area contributed by atoms with Gasteiger partial charge in [0.2, 0.25) is 0 Å². The lowest BCUT2D eigenvalue weighted by Crippen LogP contribution is -2.40. The molecule has 4 aromatic rings. The second kappa shape index (κ2) is 6.95. The van der Waals surface area contributed by atoms with E-state index < -0.39 is 5.60 Å². The molecule has 1 N–H and O–H groups in total. The molecule has 3 heterocycles. The van der Waals surface area contributed by atoms with Crippen LogP contribution in [0.15, 0.2) is 77.6 Å². The summed E-state index contributed by atoms with van der Waals surface area (Å²) in [7, 11) is 0. The van der Waals surface area contributed by atoms with Gasteiger partial charge in [-0.3, -0.25) is 4.79 Å². The van der Waals surface area contributed by atoms with Gasteiger partial charge in [-0.1, -0.05) is 53.7 Å². The smallest absolute Gasteiger partial charge is 0.268 e. The molecule has 0 spiro atoms. The van der Waals surface area contributed by atoms with Crippen LogP contribution >= 0.6 is 11.3 Å². The number of hydrogen-bond acceptors (Lipinski definition) is 5. The van der Waals surface area contributed by atoms with Crippen LogP contribution < -0.4 is 4.90 Å². The maximum Gasteiger partial charge on any atom is 0.268 e. The Bertz CT molecular complexity index is 1160. The van der Waals surface area contributed by atoms with Crippen molar-refractivity contribution < 1.29 is 9.90 Å². The minimum Gasteiger partial charge on any atom is -0.372 e. The molecule has 0 saturated heterocycles. The molecule has 2 aromatic heterocycles. The van der Waals surface area contributed by atoms with Gasteiger partial charge in [0, 0.05) is 11.1 Å². The van der Waals surface area contributed by atoms with Crippen LogP contribution in [0.25, 0.3) is 0 Å². The van der Waals surface area contributed by atoms with Crippen LogP contribution in [-0.2, 0) is 23.5 Å². The molecule has 0 unspecified atom stereocenters. The molecule has 144 valence electrons. The van der Waals surface area contributed by atoms with Crippen LogP contribution in [0.4, 0.5) is 5.69 Å². The molecule has 0 aliphatic carbocycles. The molecule has 7 heteroatoms. The summed E-state index contributed by atoms with van der Waals surface area (Å²) >= 11 is 1.45. The van der Waals surface area contributed by atoms with E-state index in [1.165, 1.54) is 11.3 Å². The van der Waals surface area contributed by atoms with Gasteiger partial charge in [0.15, 0.2) is 5.60 Å². The van der Waals surface area contributed by atoms with E-state index in [9.17, 15) is 9.90 Å². The Kier molecular flexibility index (Phi) is 4.26. The van der Waals surface area contributed by atoms with Crippen LogP contribution in [0.1, 0.15) is 22.4 Å². The van der Waals surface area contributed by atoms with Crippen LogP contribution in [0, 0.1) is 0 Å². The van der Waals surface area contributed by atoms with Gasteiger partial charge in [-0.05, 0) is 28.5 Å². The van der Waals surface area contributed by atoms with Gasteiger partial charge < -0.3 is 10.0 Å². The first-order valence-electron chi connectivity index (χ1n) is 9.26. The molecule has 1 aliphatic rings. The van der Waals surface area contributed by atoms with E-state index in [2.05, 4.69) is 10.3 Å². The number of thiophene rings is 1. The largest absolute Gasteiger partial charge is 0.372 e. The lowest BCUT2D eigenvalue weighted by atomic mass is 9.89. The van der Waals surface area contributed by atoms with E-state index in [0.717, 1.165) is 5.56 Å². The third kappa shape index (κ3) is 2.95. The van der Waals surface area contributed by atoms with Crippen molar-refractivity contribution in [3.05, 3.63) is 100 Å². The van der Waals surface area contributed by atoms with Gasteiger partial charge in [-0.15, -0.1) is 5.10 Å². The van der Waals surface area contributed by atoms with Gasteiger partial charge in [-0.25, -0.2) is 4.68 Å². The highest BCUT2D eigenvalue weighted by Crippen LogP contribution is 2.45. The van der Waals surface area contributed by atoms with Crippen molar-refractivity contribution in [3.63, 3.8) is 0 Å². The van der Waals surface area contributed by atoms with Crippen LogP contribution in [-0.4, -0.2) is 26.0 Å². The average Bonchev–Trinajstić information content (AvgIpc) is 3.48. The predicted octanol–water partition coefficient (Wildman–Crippen LogP) is 3.17. The fraction of sp³-hybridized carbons (Fsp3) is 0.136. The normalized spacial score (nSPS) is 18.2. The molecule has 1 aliphatic heterocycles. The Hall–Kier alpha value is -3.29. The summed E-state index contributed by atoms with van der Waals surface area (Å²) in [4.78, 5) is 14.9. The highest BCUT2D eigenvalue weighted by molar-refractivity contribution is 7.08. The molecular formula is C22H18N4O2S. The molecule has 6 nitrogen and oxygen atoms in total. The maximum absolute atomic E-state index is 13.3. The summed E-state index contributed by atoms with van der Waals surface area (Å²) in [6.07, 6.45) is 1.84. The molecule has 5 rings (SSSR count). The van der Waals surface area contributed by atoms with E-state index in [1.54, 1.807) is 21.7 Å². The molecule has 2 aromatic carbocycles. The predicted molar refractivity (Wildman–Crippen MR) is 111 cm³/mol. The van der Waals surface area contributed by atoms with E-state index in [-0.39, 0.29) is 12.5 Å². The Labute approximate surface area is 171 Å². The number of para-hydroxylation sites is 1. The molecule has 0 radical (unpaired) electrons. The molecule has 29 heavy (non-hydrogen) atoms. The average molecular weight is 402 g/mol. The van der Waals surface area contributed by atoms with Crippen molar-refractivity contribution in [3.8, 4) is 0 Å². The topological polar surface area (TPSA) is 71.2 Å². The molecular weight excluding hydrogens is 384 g/mol. The number of amides is 1. The van der Waals surface area contributed by atoms with Crippen molar-refractivity contribution in [2.24, 2.45) is 0 Å². The summed E-state index contributed by atoms with van der Waals surface area (Å²) in [5.41, 5.74) is 2.01. The monoisotopic (exact) mass is 402 g/mol. The summed E-state index contributed by atoms with van der Waals surface area (Å²) in [6.45, 7) is 0.855. The maximum atomic E-state index is 13.3. The van der Waals surface area contributed by atoms with E-state index in [1.807, 2.05) is 65.5 Å². The summed E-state index contributed by atoms with van der Waals surface area (Å²) in [5.74, 6) is -0.366. The number of aromatic nitrogens is 3. The summed E-state index contributed by atoms with van der Waals surface area (Å²) < 4.78 is 1.75. The number of anilines is 1. The second-order valence-corrected chi connectivity index (χ2v) is 7.80. The first-order chi connectivity index (χ1) is 14.2. The first-order valence-corrected chi connectivity index (χ1v) is 10.2. The number of nitrogens with zero attached hydrogens (tertiary/aromatic N) is 4. The van der Waals surface area contributed by atoms with E-state index in [4.69, 9.17) is 0 Å². The number of carbonyl (C=O) groups excluding carboxylic acids is 1.